The SMILES string of the molecule is CCOc1ccc(N2C(=O)[C@@H]3[C@@H](C2=O)N2CCCN2[C@@H]3c2ccncc2)cc1. The minimum atomic E-state index is -0.431. The molecule has 1 aromatic carbocycles. The number of ether oxygens (including phenoxy) is 1. The average molecular weight is 378 g/mol. The molecule has 28 heavy (non-hydrogen) atoms. The van der Waals surface area contributed by atoms with E-state index in [1.165, 1.54) is 4.90 Å². The number of benzene rings is 1. The van der Waals surface area contributed by atoms with Gasteiger partial charge in [-0.1, -0.05) is 0 Å². The van der Waals surface area contributed by atoms with Gasteiger partial charge in [0.25, 0.3) is 5.91 Å². The van der Waals surface area contributed by atoms with E-state index in [-0.39, 0.29) is 17.9 Å². The Kier molecular flexibility index (Phi) is 4.14. The van der Waals surface area contributed by atoms with Gasteiger partial charge in [0, 0.05) is 25.5 Å². The Morgan fingerprint density at radius 2 is 1.64 bits per heavy atom. The molecule has 0 unspecified atom stereocenters. The van der Waals surface area contributed by atoms with Crippen LogP contribution < -0.4 is 9.64 Å². The van der Waals surface area contributed by atoms with Crippen molar-refractivity contribution in [2.45, 2.75) is 25.4 Å². The summed E-state index contributed by atoms with van der Waals surface area (Å²) in [6.07, 6.45) is 4.48. The molecule has 3 saturated heterocycles. The molecule has 7 nitrogen and oxygen atoms in total. The van der Waals surface area contributed by atoms with Crippen LogP contribution >= 0.6 is 0 Å². The summed E-state index contributed by atoms with van der Waals surface area (Å²) in [7, 11) is 0. The van der Waals surface area contributed by atoms with Crippen molar-refractivity contribution in [1.82, 2.24) is 15.0 Å². The van der Waals surface area contributed by atoms with Crippen molar-refractivity contribution < 1.29 is 14.3 Å². The molecule has 2 amide bonds. The average Bonchev–Trinajstić information content (AvgIpc) is 3.36. The molecule has 4 heterocycles. The highest BCUT2D eigenvalue weighted by Gasteiger charge is 2.62. The number of pyridine rings is 1. The number of hydrazine groups is 1. The Bertz CT molecular complexity index is 902. The number of nitrogens with zero attached hydrogens (tertiary/aromatic N) is 4. The van der Waals surface area contributed by atoms with E-state index < -0.39 is 12.0 Å². The number of anilines is 1. The number of aromatic nitrogens is 1. The second-order valence-electron chi connectivity index (χ2n) is 7.31. The fraction of sp³-hybridized carbons (Fsp3) is 0.381. The van der Waals surface area contributed by atoms with E-state index in [1.807, 2.05) is 19.1 Å². The number of imide groups is 1. The van der Waals surface area contributed by atoms with Gasteiger partial charge in [0.05, 0.1) is 24.3 Å². The van der Waals surface area contributed by atoms with Gasteiger partial charge in [0.2, 0.25) is 5.91 Å². The molecule has 0 bridgehead atoms. The van der Waals surface area contributed by atoms with Gasteiger partial charge < -0.3 is 4.74 Å². The van der Waals surface area contributed by atoms with E-state index in [0.717, 1.165) is 30.8 Å². The number of rotatable bonds is 4. The Labute approximate surface area is 163 Å². The Hall–Kier alpha value is -2.77. The third-order valence-electron chi connectivity index (χ3n) is 5.86. The molecule has 0 aliphatic carbocycles. The van der Waals surface area contributed by atoms with Gasteiger partial charge in [-0.05, 0) is 55.3 Å². The molecular weight excluding hydrogens is 356 g/mol. The molecule has 3 aliphatic heterocycles. The van der Waals surface area contributed by atoms with Crippen molar-refractivity contribution in [2.24, 2.45) is 5.92 Å². The standard InChI is InChI=1S/C21H22N4O3/c1-2-28-16-6-4-15(5-7-16)25-20(26)17-18(14-8-10-22-11-9-14)23-12-3-13-24(23)19(17)21(25)27/h4-11,17-19H,2-3,12-13H2,1H3/t17-,18+,19-/m0/s1. The van der Waals surface area contributed by atoms with E-state index in [1.54, 1.807) is 36.7 Å². The van der Waals surface area contributed by atoms with Crippen molar-refractivity contribution in [1.29, 1.82) is 0 Å². The molecule has 3 fully saturated rings. The first-order valence-electron chi connectivity index (χ1n) is 9.74. The lowest BCUT2D eigenvalue weighted by atomic mass is 9.90. The van der Waals surface area contributed by atoms with Crippen molar-refractivity contribution in [3.8, 4) is 5.75 Å². The molecule has 144 valence electrons. The van der Waals surface area contributed by atoms with E-state index in [2.05, 4.69) is 15.0 Å². The number of hydrogen-bond acceptors (Lipinski definition) is 6. The maximum absolute atomic E-state index is 13.4. The highest BCUT2D eigenvalue weighted by Crippen LogP contribution is 2.48. The summed E-state index contributed by atoms with van der Waals surface area (Å²) in [6.45, 7) is 4.16. The van der Waals surface area contributed by atoms with Crippen LogP contribution in [0.3, 0.4) is 0 Å². The largest absolute Gasteiger partial charge is 0.494 e. The minimum Gasteiger partial charge on any atom is -0.494 e. The maximum Gasteiger partial charge on any atom is 0.253 e. The second-order valence-corrected chi connectivity index (χ2v) is 7.31. The topological polar surface area (TPSA) is 66.0 Å². The summed E-state index contributed by atoms with van der Waals surface area (Å²) in [6, 6.07) is 10.5. The molecule has 0 saturated carbocycles. The molecule has 1 aromatic heterocycles. The highest BCUT2D eigenvalue weighted by molar-refractivity contribution is 6.24. The maximum atomic E-state index is 13.4. The Balaban J connectivity index is 1.52. The normalized spacial score (nSPS) is 27.3. The monoisotopic (exact) mass is 378 g/mol. The minimum absolute atomic E-state index is 0.125. The van der Waals surface area contributed by atoms with E-state index in [9.17, 15) is 9.59 Å². The summed E-state index contributed by atoms with van der Waals surface area (Å²) >= 11 is 0. The van der Waals surface area contributed by atoms with E-state index in [4.69, 9.17) is 4.74 Å². The Morgan fingerprint density at radius 1 is 0.964 bits per heavy atom. The molecule has 0 N–H and O–H groups in total. The summed E-state index contributed by atoms with van der Waals surface area (Å²) in [4.78, 5) is 32.2. The summed E-state index contributed by atoms with van der Waals surface area (Å²) in [5.74, 6) is 0.0608. The molecule has 0 spiro atoms. The van der Waals surface area contributed by atoms with Crippen molar-refractivity contribution in [3.63, 3.8) is 0 Å². The first kappa shape index (κ1) is 17.3. The summed E-state index contributed by atoms with van der Waals surface area (Å²) in [5, 5.41) is 4.31. The first-order valence-corrected chi connectivity index (χ1v) is 9.74. The number of hydrogen-bond donors (Lipinski definition) is 0. The van der Waals surface area contributed by atoms with Crippen molar-refractivity contribution in [2.75, 3.05) is 24.6 Å². The molecule has 2 aromatic rings. The van der Waals surface area contributed by atoms with Crippen molar-refractivity contribution >= 4 is 17.5 Å². The first-order chi connectivity index (χ1) is 13.7. The van der Waals surface area contributed by atoms with Gasteiger partial charge in [-0.2, -0.15) is 0 Å². The van der Waals surface area contributed by atoms with Gasteiger partial charge >= 0.3 is 0 Å². The van der Waals surface area contributed by atoms with Crippen LogP contribution in [0.15, 0.2) is 48.8 Å². The zero-order valence-corrected chi connectivity index (χ0v) is 15.7. The van der Waals surface area contributed by atoms with Crippen LogP contribution in [0.25, 0.3) is 0 Å². The zero-order valence-electron chi connectivity index (χ0n) is 15.7. The zero-order chi connectivity index (χ0) is 19.3. The van der Waals surface area contributed by atoms with Gasteiger partial charge in [0.1, 0.15) is 11.8 Å². The molecule has 5 rings (SSSR count). The second kappa shape index (κ2) is 6.68. The fourth-order valence-corrected chi connectivity index (χ4v) is 4.79. The van der Waals surface area contributed by atoms with Crippen LogP contribution in [0.1, 0.15) is 24.9 Å². The van der Waals surface area contributed by atoms with Gasteiger partial charge in [-0.25, -0.2) is 14.9 Å². The lowest BCUT2D eigenvalue weighted by Gasteiger charge is -2.29. The third-order valence-corrected chi connectivity index (χ3v) is 5.86. The van der Waals surface area contributed by atoms with Crippen LogP contribution in [-0.4, -0.2) is 52.6 Å². The number of carbonyl (C=O) groups is 2. The van der Waals surface area contributed by atoms with Gasteiger partial charge in [-0.15, -0.1) is 0 Å². The third kappa shape index (κ3) is 2.47. The Morgan fingerprint density at radius 3 is 2.32 bits per heavy atom. The highest BCUT2D eigenvalue weighted by atomic mass is 16.5. The summed E-state index contributed by atoms with van der Waals surface area (Å²) in [5.41, 5.74) is 1.64. The molecule has 7 heteroatoms. The van der Waals surface area contributed by atoms with Crippen LogP contribution in [0.5, 0.6) is 5.75 Å². The predicted octanol–water partition coefficient (Wildman–Crippen LogP) is 2.02. The predicted molar refractivity (Wildman–Crippen MR) is 102 cm³/mol. The molecule has 3 aliphatic rings. The van der Waals surface area contributed by atoms with Gasteiger partial charge in [0.15, 0.2) is 0 Å². The quantitative estimate of drug-likeness (QED) is 0.759. The molecular formula is C21H22N4O3. The van der Waals surface area contributed by atoms with Crippen LogP contribution in [-0.2, 0) is 9.59 Å². The van der Waals surface area contributed by atoms with E-state index >= 15 is 0 Å². The lowest BCUT2D eigenvalue weighted by Crippen LogP contribution is -2.44. The molecule has 0 radical (unpaired) electrons. The summed E-state index contributed by atoms with van der Waals surface area (Å²) < 4.78 is 5.47. The number of amides is 2. The van der Waals surface area contributed by atoms with Crippen LogP contribution in [0, 0.1) is 5.92 Å². The smallest absolute Gasteiger partial charge is 0.253 e. The van der Waals surface area contributed by atoms with Crippen molar-refractivity contribution in [3.05, 3.63) is 54.4 Å². The van der Waals surface area contributed by atoms with E-state index in [0.29, 0.717) is 12.3 Å². The fourth-order valence-electron chi connectivity index (χ4n) is 4.79. The lowest BCUT2D eigenvalue weighted by molar-refractivity contribution is -0.126. The van der Waals surface area contributed by atoms with Gasteiger partial charge in [-0.3, -0.25) is 14.6 Å². The van der Waals surface area contributed by atoms with Crippen LogP contribution in [0.2, 0.25) is 0 Å². The molecule has 3 atom stereocenters. The van der Waals surface area contributed by atoms with Crippen LogP contribution in [0.4, 0.5) is 5.69 Å². The number of carbonyl (C=O) groups excluding carboxylic acids is 2. The number of fused-ring (bicyclic) bond motifs is 3.